The zero-order chi connectivity index (χ0) is 20.7. The fourth-order valence-corrected chi connectivity index (χ4v) is 4.36. The Hall–Kier alpha value is -2.54. The molecule has 5 rings (SSSR count). The van der Waals surface area contributed by atoms with E-state index in [9.17, 15) is 0 Å². The summed E-state index contributed by atoms with van der Waals surface area (Å²) in [5.41, 5.74) is 6.08. The molecular formula is C22H21Cl2N5O. The first-order valence-electron chi connectivity index (χ1n) is 9.88. The van der Waals surface area contributed by atoms with Crippen LogP contribution in [-0.2, 0) is 11.3 Å². The van der Waals surface area contributed by atoms with Crippen LogP contribution >= 0.6 is 23.2 Å². The van der Waals surface area contributed by atoms with Gasteiger partial charge < -0.3 is 14.2 Å². The van der Waals surface area contributed by atoms with Crippen LogP contribution < -0.4 is 4.90 Å². The summed E-state index contributed by atoms with van der Waals surface area (Å²) in [6, 6.07) is 12.1. The highest BCUT2D eigenvalue weighted by atomic mass is 35.5. The third-order valence-corrected chi connectivity index (χ3v) is 6.41. The van der Waals surface area contributed by atoms with Crippen molar-refractivity contribution in [2.45, 2.75) is 13.5 Å². The van der Waals surface area contributed by atoms with Gasteiger partial charge in [-0.1, -0.05) is 35.3 Å². The molecule has 1 aliphatic heterocycles. The summed E-state index contributed by atoms with van der Waals surface area (Å²) in [7, 11) is 0. The molecule has 3 heterocycles. The first kappa shape index (κ1) is 19.4. The van der Waals surface area contributed by atoms with Gasteiger partial charge in [0, 0.05) is 30.5 Å². The number of halogens is 2. The minimum atomic E-state index is 0.559. The van der Waals surface area contributed by atoms with Crippen molar-refractivity contribution in [2.75, 3.05) is 31.2 Å². The minimum Gasteiger partial charge on any atom is -0.378 e. The lowest BCUT2D eigenvalue weighted by molar-refractivity contribution is 0.122. The number of aryl methyl sites for hydroxylation is 1. The Bertz CT molecular complexity index is 1200. The first-order valence-corrected chi connectivity index (χ1v) is 10.6. The molecule has 0 amide bonds. The Balaban J connectivity index is 1.68. The van der Waals surface area contributed by atoms with Crippen LogP contribution in [0.1, 0.15) is 11.4 Å². The van der Waals surface area contributed by atoms with Gasteiger partial charge in [0.15, 0.2) is 0 Å². The van der Waals surface area contributed by atoms with E-state index in [0.717, 1.165) is 65.7 Å². The molecule has 0 saturated carbocycles. The number of hydrogen-bond donors (Lipinski definition) is 1. The molecule has 2 aromatic heterocycles. The molecule has 1 fully saturated rings. The van der Waals surface area contributed by atoms with E-state index >= 15 is 0 Å². The largest absolute Gasteiger partial charge is 0.378 e. The smallest absolute Gasteiger partial charge is 0.107 e. The van der Waals surface area contributed by atoms with E-state index in [1.807, 2.05) is 25.1 Å². The molecule has 0 bridgehead atoms. The number of rotatable bonds is 4. The summed E-state index contributed by atoms with van der Waals surface area (Å²) in [5, 5.41) is 8.37. The highest BCUT2D eigenvalue weighted by Gasteiger charge is 2.20. The van der Waals surface area contributed by atoms with Gasteiger partial charge >= 0.3 is 0 Å². The predicted octanol–water partition coefficient (Wildman–Crippen LogP) is 4.93. The lowest BCUT2D eigenvalue weighted by Gasteiger charge is -2.29. The average molecular weight is 442 g/mol. The van der Waals surface area contributed by atoms with Gasteiger partial charge in [0.25, 0.3) is 0 Å². The number of nitrogens with one attached hydrogen (secondary N) is 1. The molecule has 30 heavy (non-hydrogen) atoms. The molecule has 1 N–H and O–H groups in total. The van der Waals surface area contributed by atoms with Crippen LogP contribution in [0.4, 0.5) is 5.69 Å². The van der Waals surface area contributed by atoms with Crippen LogP contribution in [0.3, 0.4) is 0 Å². The molecule has 1 saturated heterocycles. The third kappa shape index (κ3) is 3.45. The molecule has 154 valence electrons. The summed E-state index contributed by atoms with van der Waals surface area (Å²) in [5.74, 6) is 0.918. The number of aromatic amines is 1. The van der Waals surface area contributed by atoms with E-state index < -0.39 is 0 Å². The summed E-state index contributed by atoms with van der Waals surface area (Å²) in [6.07, 6.45) is 1.76. The van der Waals surface area contributed by atoms with Crippen LogP contribution in [-0.4, -0.2) is 46.1 Å². The second-order valence-electron chi connectivity index (χ2n) is 7.39. The van der Waals surface area contributed by atoms with Gasteiger partial charge in [0.05, 0.1) is 46.5 Å². The summed E-state index contributed by atoms with van der Waals surface area (Å²) >= 11 is 12.7. The SMILES string of the molecule is Cc1nc2c(-c3ccn[nH]3)cc(N3CCOCC3)cc2n1Cc1cccc(Cl)c1Cl. The molecule has 8 heteroatoms. The summed E-state index contributed by atoms with van der Waals surface area (Å²) < 4.78 is 7.73. The molecule has 1 aliphatic rings. The summed E-state index contributed by atoms with van der Waals surface area (Å²) in [6.45, 7) is 5.80. The van der Waals surface area contributed by atoms with Gasteiger partial charge in [-0.3, -0.25) is 5.10 Å². The topological polar surface area (TPSA) is 59.0 Å². The fourth-order valence-electron chi connectivity index (χ4n) is 3.98. The van der Waals surface area contributed by atoms with Crippen molar-refractivity contribution in [3.05, 3.63) is 64.0 Å². The Morgan fingerprint density at radius 1 is 1.13 bits per heavy atom. The van der Waals surface area contributed by atoms with Gasteiger partial charge in [-0.15, -0.1) is 0 Å². The van der Waals surface area contributed by atoms with Crippen molar-refractivity contribution in [3.8, 4) is 11.3 Å². The molecule has 0 aliphatic carbocycles. The van der Waals surface area contributed by atoms with E-state index in [2.05, 4.69) is 31.8 Å². The monoisotopic (exact) mass is 441 g/mol. The van der Waals surface area contributed by atoms with Crippen LogP contribution in [0.15, 0.2) is 42.6 Å². The highest BCUT2D eigenvalue weighted by molar-refractivity contribution is 6.42. The van der Waals surface area contributed by atoms with Crippen LogP contribution in [0.2, 0.25) is 10.0 Å². The number of morpholine rings is 1. The van der Waals surface area contributed by atoms with Crippen LogP contribution in [0.25, 0.3) is 22.3 Å². The zero-order valence-corrected chi connectivity index (χ0v) is 18.0. The van der Waals surface area contributed by atoms with Gasteiger partial charge in [-0.2, -0.15) is 5.10 Å². The maximum absolute atomic E-state index is 6.48. The van der Waals surface area contributed by atoms with Crippen molar-refractivity contribution in [3.63, 3.8) is 0 Å². The lowest BCUT2D eigenvalue weighted by Crippen LogP contribution is -2.36. The van der Waals surface area contributed by atoms with Gasteiger partial charge in [-0.05, 0) is 36.8 Å². The number of benzene rings is 2. The van der Waals surface area contributed by atoms with E-state index in [4.69, 9.17) is 32.9 Å². The van der Waals surface area contributed by atoms with Crippen LogP contribution in [0, 0.1) is 6.92 Å². The number of aromatic nitrogens is 4. The third-order valence-electron chi connectivity index (χ3n) is 5.56. The van der Waals surface area contributed by atoms with Crippen molar-refractivity contribution in [1.82, 2.24) is 19.7 Å². The maximum Gasteiger partial charge on any atom is 0.107 e. The van der Waals surface area contributed by atoms with Crippen LogP contribution in [0.5, 0.6) is 0 Å². The maximum atomic E-state index is 6.48. The van der Waals surface area contributed by atoms with Gasteiger partial charge in [0.2, 0.25) is 0 Å². The standard InChI is InChI=1S/C22H21Cl2N5O/c1-14-26-22-17(19-5-6-25-27-19)11-16(28-7-9-30-10-8-28)12-20(22)29(14)13-15-3-2-4-18(23)21(15)24/h2-6,11-12H,7-10,13H2,1H3,(H,25,27). The Morgan fingerprint density at radius 3 is 2.73 bits per heavy atom. The number of nitrogens with zero attached hydrogens (tertiary/aromatic N) is 4. The quantitative estimate of drug-likeness (QED) is 0.487. The molecule has 6 nitrogen and oxygen atoms in total. The van der Waals surface area contributed by atoms with E-state index in [-0.39, 0.29) is 0 Å². The minimum absolute atomic E-state index is 0.559. The highest BCUT2D eigenvalue weighted by Crippen LogP contribution is 2.34. The Labute approximate surface area is 184 Å². The van der Waals surface area contributed by atoms with Crippen molar-refractivity contribution >= 4 is 39.9 Å². The second-order valence-corrected chi connectivity index (χ2v) is 8.17. The number of ether oxygens (including phenoxy) is 1. The molecule has 4 aromatic rings. The molecule has 2 aromatic carbocycles. The molecule has 0 radical (unpaired) electrons. The predicted molar refractivity (Wildman–Crippen MR) is 121 cm³/mol. The Morgan fingerprint density at radius 2 is 1.97 bits per heavy atom. The van der Waals surface area contributed by atoms with Gasteiger partial charge in [-0.25, -0.2) is 4.98 Å². The van der Waals surface area contributed by atoms with Crippen molar-refractivity contribution in [2.24, 2.45) is 0 Å². The molecule has 0 atom stereocenters. The first-order chi connectivity index (χ1) is 14.6. The molecule has 0 unspecified atom stereocenters. The van der Waals surface area contributed by atoms with E-state index in [1.54, 1.807) is 12.3 Å². The Kier molecular flexibility index (Phi) is 5.15. The van der Waals surface area contributed by atoms with Crippen molar-refractivity contribution < 1.29 is 4.74 Å². The number of imidazole rings is 1. The summed E-state index contributed by atoms with van der Waals surface area (Å²) in [4.78, 5) is 7.25. The van der Waals surface area contributed by atoms with E-state index in [1.165, 1.54) is 0 Å². The van der Waals surface area contributed by atoms with Gasteiger partial charge in [0.1, 0.15) is 5.82 Å². The van der Waals surface area contributed by atoms with E-state index in [0.29, 0.717) is 16.6 Å². The normalized spacial score (nSPS) is 14.6. The number of fused-ring (bicyclic) bond motifs is 1. The number of H-pyrrole nitrogens is 1. The average Bonchev–Trinajstić information content (AvgIpc) is 3.40. The number of anilines is 1. The molecular weight excluding hydrogens is 421 g/mol. The molecule has 0 spiro atoms. The zero-order valence-electron chi connectivity index (χ0n) is 16.5. The second kappa shape index (κ2) is 7.95. The van der Waals surface area contributed by atoms with Crippen molar-refractivity contribution in [1.29, 1.82) is 0 Å². The number of hydrogen-bond acceptors (Lipinski definition) is 4. The fraction of sp³-hybridized carbons (Fsp3) is 0.273. The lowest BCUT2D eigenvalue weighted by atomic mass is 10.1.